The maximum Gasteiger partial charge on any atom is 0.247 e. The highest BCUT2D eigenvalue weighted by Crippen LogP contribution is 2.32. The van der Waals surface area contributed by atoms with Gasteiger partial charge in [0, 0.05) is 17.6 Å². The second-order valence-corrected chi connectivity index (χ2v) is 7.03. The van der Waals surface area contributed by atoms with Crippen LogP contribution in [-0.4, -0.2) is 22.8 Å². The Morgan fingerprint density at radius 2 is 2.04 bits per heavy atom. The zero-order valence-electron chi connectivity index (χ0n) is 14.6. The Morgan fingerprint density at radius 1 is 1.31 bits per heavy atom. The van der Waals surface area contributed by atoms with Crippen LogP contribution in [0, 0.1) is 5.82 Å². The van der Waals surface area contributed by atoms with Gasteiger partial charge in [0.05, 0.1) is 6.42 Å². The van der Waals surface area contributed by atoms with Crippen LogP contribution in [-0.2, 0) is 22.6 Å². The molecule has 0 saturated carbocycles. The van der Waals surface area contributed by atoms with Gasteiger partial charge in [-0.1, -0.05) is 41.9 Å². The van der Waals surface area contributed by atoms with E-state index in [9.17, 15) is 14.0 Å². The summed E-state index contributed by atoms with van der Waals surface area (Å²) in [5.41, 5.74) is 2.32. The number of halogens is 2. The van der Waals surface area contributed by atoms with Crippen LogP contribution < -0.4 is 5.32 Å². The molecule has 2 aromatic carbocycles. The van der Waals surface area contributed by atoms with Crippen molar-refractivity contribution in [2.45, 2.75) is 38.9 Å². The van der Waals surface area contributed by atoms with Crippen LogP contribution in [0.1, 0.15) is 36.6 Å². The van der Waals surface area contributed by atoms with Crippen LogP contribution in [0.3, 0.4) is 0 Å². The molecule has 0 radical (unpaired) electrons. The Balaban J connectivity index is 1.86. The molecule has 3 rings (SSSR count). The van der Waals surface area contributed by atoms with E-state index in [1.54, 1.807) is 4.90 Å². The summed E-state index contributed by atoms with van der Waals surface area (Å²) < 4.78 is 13.2. The Hall–Kier alpha value is -2.40. The maximum atomic E-state index is 13.2. The third kappa shape index (κ3) is 3.58. The molecule has 0 aromatic heterocycles. The molecule has 0 aliphatic carbocycles. The molecule has 2 amide bonds. The maximum absolute atomic E-state index is 13.2. The van der Waals surface area contributed by atoms with E-state index in [1.165, 1.54) is 18.2 Å². The fourth-order valence-electron chi connectivity index (χ4n) is 3.31. The number of carbonyl (C=O) groups is 2. The van der Waals surface area contributed by atoms with Crippen molar-refractivity contribution in [1.82, 2.24) is 10.2 Å². The van der Waals surface area contributed by atoms with Crippen molar-refractivity contribution in [2.75, 3.05) is 0 Å². The number of rotatable bonds is 4. The molecule has 2 aromatic rings. The molecule has 0 spiro atoms. The van der Waals surface area contributed by atoms with Gasteiger partial charge in [0.25, 0.3) is 0 Å². The van der Waals surface area contributed by atoms with Gasteiger partial charge in [-0.3, -0.25) is 9.59 Å². The van der Waals surface area contributed by atoms with E-state index in [4.69, 9.17) is 11.6 Å². The van der Waals surface area contributed by atoms with Gasteiger partial charge >= 0.3 is 0 Å². The predicted octanol–water partition coefficient (Wildman–Crippen LogP) is 3.63. The van der Waals surface area contributed by atoms with Gasteiger partial charge in [0.1, 0.15) is 11.9 Å². The molecule has 6 heteroatoms. The highest BCUT2D eigenvalue weighted by molar-refractivity contribution is 6.31. The van der Waals surface area contributed by atoms with Crippen molar-refractivity contribution in [1.29, 1.82) is 0 Å². The first kappa shape index (κ1) is 18.4. The third-order valence-corrected chi connectivity index (χ3v) is 4.88. The topological polar surface area (TPSA) is 49.4 Å². The average molecular weight is 375 g/mol. The minimum absolute atomic E-state index is 0.0707. The number of benzene rings is 2. The summed E-state index contributed by atoms with van der Waals surface area (Å²) in [7, 11) is 0. The highest BCUT2D eigenvalue weighted by atomic mass is 35.5. The minimum Gasteiger partial charge on any atom is -0.350 e. The van der Waals surface area contributed by atoms with Gasteiger partial charge in [0.2, 0.25) is 11.8 Å². The fourth-order valence-corrected chi connectivity index (χ4v) is 3.54. The lowest BCUT2D eigenvalue weighted by molar-refractivity contribution is -0.143. The summed E-state index contributed by atoms with van der Waals surface area (Å²) in [6.07, 6.45) is 0.294. The SMILES string of the molecule is CC(C)N1C(=O)Cc2ccccc2C1C(=O)NCc1ccc(F)cc1Cl. The summed E-state index contributed by atoms with van der Waals surface area (Å²) in [6, 6.07) is 10.7. The first-order valence-corrected chi connectivity index (χ1v) is 8.87. The van der Waals surface area contributed by atoms with Crippen molar-refractivity contribution in [2.24, 2.45) is 0 Å². The molecule has 0 fully saturated rings. The van der Waals surface area contributed by atoms with Gasteiger partial charge in [-0.2, -0.15) is 0 Å². The Labute approximate surface area is 157 Å². The smallest absolute Gasteiger partial charge is 0.247 e. The number of carbonyl (C=O) groups excluding carboxylic acids is 2. The molecule has 1 unspecified atom stereocenters. The number of nitrogens with one attached hydrogen (secondary N) is 1. The molecule has 136 valence electrons. The summed E-state index contributed by atoms with van der Waals surface area (Å²) in [5, 5.41) is 3.09. The quantitative estimate of drug-likeness (QED) is 0.888. The number of amides is 2. The molecule has 1 aliphatic rings. The van der Waals surface area contributed by atoms with E-state index >= 15 is 0 Å². The average Bonchev–Trinajstić information content (AvgIpc) is 2.59. The highest BCUT2D eigenvalue weighted by Gasteiger charge is 2.38. The number of hydrogen-bond donors (Lipinski definition) is 1. The zero-order valence-corrected chi connectivity index (χ0v) is 15.4. The summed E-state index contributed by atoms with van der Waals surface area (Å²) in [6.45, 7) is 3.95. The lowest BCUT2D eigenvalue weighted by atomic mass is 9.90. The molecule has 1 atom stereocenters. The summed E-state index contributed by atoms with van der Waals surface area (Å²) in [4.78, 5) is 27.1. The molecule has 1 heterocycles. The van der Waals surface area contributed by atoms with Crippen molar-refractivity contribution in [3.05, 3.63) is 70.0 Å². The largest absolute Gasteiger partial charge is 0.350 e. The second-order valence-electron chi connectivity index (χ2n) is 6.63. The molecule has 1 aliphatic heterocycles. The molecule has 1 N–H and O–H groups in total. The van der Waals surface area contributed by atoms with E-state index in [0.29, 0.717) is 12.0 Å². The number of fused-ring (bicyclic) bond motifs is 1. The van der Waals surface area contributed by atoms with Crippen LogP contribution in [0.15, 0.2) is 42.5 Å². The predicted molar refractivity (Wildman–Crippen MR) is 98.1 cm³/mol. The van der Waals surface area contributed by atoms with E-state index in [2.05, 4.69) is 5.32 Å². The van der Waals surface area contributed by atoms with Crippen molar-refractivity contribution >= 4 is 23.4 Å². The van der Waals surface area contributed by atoms with Gasteiger partial charge in [-0.05, 0) is 42.7 Å². The van der Waals surface area contributed by atoms with Gasteiger partial charge in [-0.15, -0.1) is 0 Å². The van der Waals surface area contributed by atoms with Gasteiger partial charge in [0.15, 0.2) is 0 Å². The molecule has 4 nitrogen and oxygen atoms in total. The monoisotopic (exact) mass is 374 g/mol. The molecule has 0 bridgehead atoms. The van der Waals surface area contributed by atoms with E-state index in [0.717, 1.165) is 11.1 Å². The molecule has 0 saturated heterocycles. The Kier molecular flexibility index (Phi) is 5.28. The summed E-state index contributed by atoms with van der Waals surface area (Å²) in [5.74, 6) is -0.777. The standard InChI is InChI=1S/C20H20ClFN2O2/c1-12(2)24-18(25)9-13-5-3-4-6-16(13)19(24)20(26)23-11-14-7-8-15(22)10-17(14)21/h3-8,10,12,19H,9,11H2,1-2H3,(H,23,26). The van der Waals surface area contributed by atoms with Crippen LogP contribution in [0.25, 0.3) is 0 Å². The first-order valence-electron chi connectivity index (χ1n) is 8.49. The lowest BCUT2D eigenvalue weighted by Gasteiger charge is -2.39. The van der Waals surface area contributed by atoms with Crippen LogP contribution in [0.5, 0.6) is 0 Å². The lowest BCUT2D eigenvalue weighted by Crippen LogP contribution is -2.50. The normalized spacial score (nSPS) is 16.6. The Bertz CT molecular complexity index is 853. The van der Waals surface area contributed by atoms with E-state index in [1.807, 2.05) is 38.1 Å². The number of nitrogens with zero attached hydrogens (tertiary/aromatic N) is 1. The minimum atomic E-state index is -0.688. The zero-order chi connectivity index (χ0) is 18.8. The van der Waals surface area contributed by atoms with Crippen LogP contribution in [0.2, 0.25) is 5.02 Å². The first-order chi connectivity index (χ1) is 12.4. The van der Waals surface area contributed by atoms with E-state index < -0.39 is 11.9 Å². The van der Waals surface area contributed by atoms with Gasteiger partial charge in [-0.25, -0.2) is 4.39 Å². The van der Waals surface area contributed by atoms with Crippen LogP contribution >= 0.6 is 11.6 Å². The van der Waals surface area contributed by atoms with E-state index in [-0.39, 0.29) is 29.4 Å². The molecule has 26 heavy (non-hydrogen) atoms. The van der Waals surface area contributed by atoms with Gasteiger partial charge < -0.3 is 10.2 Å². The Morgan fingerprint density at radius 3 is 2.73 bits per heavy atom. The molecular weight excluding hydrogens is 355 g/mol. The summed E-state index contributed by atoms with van der Waals surface area (Å²) >= 11 is 6.03. The second kappa shape index (κ2) is 7.46. The van der Waals surface area contributed by atoms with Crippen molar-refractivity contribution in [3.8, 4) is 0 Å². The van der Waals surface area contributed by atoms with Crippen molar-refractivity contribution < 1.29 is 14.0 Å². The van der Waals surface area contributed by atoms with Crippen molar-refractivity contribution in [3.63, 3.8) is 0 Å². The number of hydrogen-bond acceptors (Lipinski definition) is 2. The fraction of sp³-hybridized carbons (Fsp3) is 0.300. The molecular formula is C20H20ClFN2O2. The third-order valence-electron chi connectivity index (χ3n) is 4.53. The van der Waals surface area contributed by atoms with Crippen LogP contribution in [0.4, 0.5) is 4.39 Å².